The van der Waals surface area contributed by atoms with E-state index in [2.05, 4.69) is 31.1 Å². The zero-order valence-electron chi connectivity index (χ0n) is 11.5. The second-order valence-electron chi connectivity index (χ2n) is 5.89. The molecule has 4 heteroatoms. The number of aromatic nitrogens is 2. The van der Waals surface area contributed by atoms with Crippen molar-refractivity contribution >= 4 is 5.82 Å². The van der Waals surface area contributed by atoms with Gasteiger partial charge in [-0.05, 0) is 31.1 Å². The Labute approximate surface area is 108 Å². The SMILES string of the molecule is CC(C)Cn1ccnc(NC2CCC(C)C2)c1=O. The summed E-state index contributed by atoms with van der Waals surface area (Å²) in [5.41, 5.74) is 0.00533. The van der Waals surface area contributed by atoms with E-state index in [-0.39, 0.29) is 5.56 Å². The largest absolute Gasteiger partial charge is 0.363 e. The van der Waals surface area contributed by atoms with Crippen LogP contribution in [0.2, 0.25) is 0 Å². The zero-order valence-corrected chi connectivity index (χ0v) is 11.5. The fourth-order valence-electron chi connectivity index (χ4n) is 2.62. The monoisotopic (exact) mass is 249 g/mol. The van der Waals surface area contributed by atoms with Gasteiger partial charge in [0.25, 0.3) is 5.56 Å². The molecule has 0 aromatic carbocycles. The summed E-state index contributed by atoms with van der Waals surface area (Å²) in [6.07, 6.45) is 7.00. The fraction of sp³-hybridized carbons (Fsp3) is 0.714. The third-order valence-corrected chi connectivity index (χ3v) is 3.51. The molecule has 2 unspecified atom stereocenters. The van der Waals surface area contributed by atoms with E-state index >= 15 is 0 Å². The number of hydrogen-bond donors (Lipinski definition) is 1. The summed E-state index contributed by atoms with van der Waals surface area (Å²) in [5.74, 6) is 1.73. The standard InChI is InChI=1S/C14H23N3O/c1-10(2)9-17-7-6-15-13(14(17)18)16-12-5-4-11(3)8-12/h6-7,10-12H,4-5,8-9H2,1-3H3,(H,15,16). The molecule has 1 saturated carbocycles. The van der Waals surface area contributed by atoms with Crippen LogP contribution < -0.4 is 10.9 Å². The maximum Gasteiger partial charge on any atom is 0.293 e. The van der Waals surface area contributed by atoms with Gasteiger partial charge in [-0.3, -0.25) is 4.79 Å². The molecule has 1 aromatic rings. The molecular weight excluding hydrogens is 226 g/mol. The van der Waals surface area contributed by atoms with E-state index in [1.54, 1.807) is 17.0 Å². The van der Waals surface area contributed by atoms with Gasteiger partial charge in [0.15, 0.2) is 5.82 Å². The summed E-state index contributed by atoms with van der Waals surface area (Å²) < 4.78 is 1.75. The molecule has 0 saturated heterocycles. The van der Waals surface area contributed by atoms with Crippen molar-refractivity contribution in [1.29, 1.82) is 0 Å². The highest BCUT2D eigenvalue weighted by molar-refractivity contribution is 5.32. The first-order valence-corrected chi connectivity index (χ1v) is 6.88. The van der Waals surface area contributed by atoms with Crippen LogP contribution in [-0.4, -0.2) is 15.6 Å². The van der Waals surface area contributed by atoms with E-state index in [9.17, 15) is 4.79 Å². The van der Waals surface area contributed by atoms with Crippen molar-refractivity contribution in [2.45, 2.75) is 52.6 Å². The maximum absolute atomic E-state index is 12.2. The lowest BCUT2D eigenvalue weighted by molar-refractivity contribution is 0.509. The van der Waals surface area contributed by atoms with Gasteiger partial charge in [-0.25, -0.2) is 4.98 Å². The van der Waals surface area contributed by atoms with E-state index in [1.807, 2.05) is 0 Å². The Morgan fingerprint density at radius 1 is 1.50 bits per heavy atom. The van der Waals surface area contributed by atoms with Gasteiger partial charge in [-0.15, -0.1) is 0 Å². The zero-order chi connectivity index (χ0) is 13.1. The van der Waals surface area contributed by atoms with Gasteiger partial charge >= 0.3 is 0 Å². The van der Waals surface area contributed by atoms with Crippen molar-refractivity contribution in [3.8, 4) is 0 Å². The average Bonchev–Trinajstić information content (AvgIpc) is 2.69. The topological polar surface area (TPSA) is 46.9 Å². The Bertz CT molecular complexity index is 453. The fourth-order valence-corrected chi connectivity index (χ4v) is 2.62. The summed E-state index contributed by atoms with van der Waals surface area (Å²) >= 11 is 0. The lowest BCUT2D eigenvalue weighted by Gasteiger charge is -2.14. The van der Waals surface area contributed by atoms with Crippen LogP contribution in [0.25, 0.3) is 0 Å². The van der Waals surface area contributed by atoms with Crippen LogP contribution >= 0.6 is 0 Å². The minimum Gasteiger partial charge on any atom is -0.363 e. The van der Waals surface area contributed by atoms with Gasteiger partial charge < -0.3 is 9.88 Å². The summed E-state index contributed by atoms with van der Waals surface area (Å²) in [7, 11) is 0. The Balaban J connectivity index is 2.11. The second-order valence-corrected chi connectivity index (χ2v) is 5.89. The van der Waals surface area contributed by atoms with Gasteiger partial charge in [-0.2, -0.15) is 0 Å². The molecule has 1 N–H and O–H groups in total. The molecule has 0 radical (unpaired) electrons. The third kappa shape index (κ3) is 3.12. The number of nitrogens with one attached hydrogen (secondary N) is 1. The predicted molar refractivity (Wildman–Crippen MR) is 73.8 cm³/mol. The molecule has 0 bridgehead atoms. The molecule has 1 fully saturated rings. The predicted octanol–water partition coefficient (Wildman–Crippen LogP) is 2.50. The van der Waals surface area contributed by atoms with E-state index in [1.165, 1.54) is 6.42 Å². The minimum atomic E-state index is 0.00533. The quantitative estimate of drug-likeness (QED) is 0.892. The summed E-state index contributed by atoms with van der Waals surface area (Å²) in [4.78, 5) is 16.4. The molecular formula is C14H23N3O. The van der Waals surface area contributed by atoms with Crippen LogP contribution in [0.4, 0.5) is 5.82 Å². The van der Waals surface area contributed by atoms with Crippen LogP contribution in [0.1, 0.15) is 40.0 Å². The van der Waals surface area contributed by atoms with E-state index in [0.717, 1.165) is 25.3 Å². The first-order valence-electron chi connectivity index (χ1n) is 6.88. The molecule has 0 aliphatic heterocycles. The number of hydrogen-bond acceptors (Lipinski definition) is 3. The van der Waals surface area contributed by atoms with Crippen molar-refractivity contribution in [2.75, 3.05) is 5.32 Å². The molecule has 18 heavy (non-hydrogen) atoms. The Kier molecular flexibility index (Phi) is 4.04. The molecule has 1 aromatic heterocycles. The first-order chi connectivity index (χ1) is 8.56. The molecule has 1 heterocycles. The highest BCUT2D eigenvalue weighted by Crippen LogP contribution is 2.26. The molecule has 1 aliphatic carbocycles. The maximum atomic E-state index is 12.2. The average molecular weight is 249 g/mol. The molecule has 0 amide bonds. The van der Waals surface area contributed by atoms with Crippen LogP contribution in [0.3, 0.4) is 0 Å². The van der Waals surface area contributed by atoms with Crippen molar-refractivity contribution in [2.24, 2.45) is 11.8 Å². The highest BCUT2D eigenvalue weighted by Gasteiger charge is 2.22. The first kappa shape index (κ1) is 13.1. The number of nitrogens with zero attached hydrogens (tertiary/aromatic N) is 2. The minimum absolute atomic E-state index is 0.00533. The molecule has 0 spiro atoms. The summed E-state index contributed by atoms with van der Waals surface area (Å²) in [5, 5.41) is 3.31. The van der Waals surface area contributed by atoms with Crippen LogP contribution in [0.5, 0.6) is 0 Å². The number of anilines is 1. The van der Waals surface area contributed by atoms with Crippen molar-refractivity contribution in [3.63, 3.8) is 0 Å². The smallest absolute Gasteiger partial charge is 0.293 e. The Morgan fingerprint density at radius 3 is 2.89 bits per heavy atom. The Hall–Kier alpha value is -1.32. The van der Waals surface area contributed by atoms with Crippen LogP contribution in [-0.2, 0) is 6.54 Å². The summed E-state index contributed by atoms with van der Waals surface area (Å²) in [6.45, 7) is 7.23. The summed E-state index contributed by atoms with van der Waals surface area (Å²) in [6, 6.07) is 0.412. The van der Waals surface area contributed by atoms with Crippen molar-refractivity contribution in [3.05, 3.63) is 22.7 Å². The van der Waals surface area contributed by atoms with Crippen molar-refractivity contribution in [1.82, 2.24) is 9.55 Å². The van der Waals surface area contributed by atoms with Gasteiger partial charge in [0.05, 0.1) is 0 Å². The van der Waals surface area contributed by atoms with Gasteiger partial charge in [0.1, 0.15) is 0 Å². The van der Waals surface area contributed by atoms with E-state index in [4.69, 9.17) is 0 Å². The van der Waals surface area contributed by atoms with Crippen LogP contribution in [0, 0.1) is 11.8 Å². The molecule has 100 valence electrons. The van der Waals surface area contributed by atoms with Crippen LogP contribution in [0.15, 0.2) is 17.2 Å². The molecule has 2 atom stereocenters. The second kappa shape index (κ2) is 5.55. The number of rotatable bonds is 4. The normalized spacial score (nSPS) is 23.6. The van der Waals surface area contributed by atoms with Gasteiger partial charge in [-0.1, -0.05) is 20.8 Å². The van der Waals surface area contributed by atoms with Gasteiger partial charge in [0.2, 0.25) is 0 Å². The molecule has 1 aliphatic rings. The molecule has 2 rings (SSSR count). The third-order valence-electron chi connectivity index (χ3n) is 3.51. The lowest BCUT2D eigenvalue weighted by Crippen LogP contribution is -2.29. The lowest BCUT2D eigenvalue weighted by atomic mass is 10.1. The van der Waals surface area contributed by atoms with E-state index < -0.39 is 0 Å². The van der Waals surface area contributed by atoms with E-state index in [0.29, 0.717) is 17.8 Å². The Morgan fingerprint density at radius 2 is 2.28 bits per heavy atom. The molecule has 4 nitrogen and oxygen atoms in total. The highest BCUT2D eigenvalue weighted by atomic mass is 16.1. The van der Waals surface area contributed by atoms with Gasteiger partial charge in [0, 0.05) is 25.0 Å². The van der Waals surface area contributed by atoms with Crippen molar-refractivity contribution < 1.29 is 0 Å².